The van der Waals surface area contributed by atoms with Crippen LogP contribution in [0.5, 0.6) is 0 Å². The molecule has 0 aromatic heterocycles. The lowest BCUT2D eigenvalue weighted by Crippen LogP contribution is -2.46. The highest BCUT2D eigenvalue weighted by molar-refractivity contribution is 5.82. The van der Waals surface area contributed by atoms with Crippen LogP contribution < -0.4 is 5.32 Å². The van der Waals surface area contributed by atoms with Gasteiger partial charge in [-0.15, -0.1) is 0 Å². The fourth-order valence-electron chi connectivity index (χ4n) is 3.15. The van der Waals surface area contributed by atoms with E-state index in [4.69, 9.17) is 0 Å². The predicted octanol–water partition coefficient (Wildman–Crippen LogP) is 2.52. The molecule has 2 nitrogen and oxygen atoms in total. The quantitative estimate of drug-likeness (QED) is 0.757. The monoisotopic (exact) mass is 209 g/mol. The van der Waals surface area contributed by atoms with Gasteiger partial charge in [-0.1, -0.05) is 19.8 Å². The highest BCUT2D eigenvalue weighted by Gasteiger charge is 2.32. The van der Waals surface area contributed by atoms with E-state index in [1.54, 1.807) is 0 Å². The predicted molar refractivity (Wildman–Crippen MR) is 61.8 cm³/mol. The molecule has 1 heterocycles. The summed E-state index contributed by atoms with van der Waals surface area (Å²) >= 11 is 0. The number of carbonyl (C=O) groups is 1. The maximum atomic E-state index is 11.8. The number of hydrogen-bond donors (Lipinski definition) is 1. The van der Waals surface area contributed by atoms with E-state index in [-0.39, 0.29) is 0 Å². The molecule has 0 aromatic carbocycles. The van der Waals surface area contributed by atoms with E-state index >= 15 is 0 Å². The van der Waals surface area contributed by atoms with Crippen molar-refractivity contribution in [1.29, 1.82) is 0 Å². The fraction of sp³-hybridized carbons (Fsp3) is 0.923. The molecule has 2 fully saturated rings. The Balaban J connectivity index is 1.93. The highest BCUT2D eigenvalue weighted by atomic mass is 16.1. The maximum Gasteiger partial charge on any atom is 0.137 e. The van der Waals surface area contributed by atoms with E-state index < -0.39 is 0 Å². The molecule has 1 aliphatic heterocycles. The van der Waals surface area contributed by atoms with Gasteiger partial charge in [-0.2, -0.15) is 0 Å². The topological polar surface area (TPSA) is 29.1 Å². The standard InChI is InChI=1S/C13H23NO/c1-2-10-7-8-14-12(9-10)11-5-3-4-6-13(11)15/h10-12,14H,2-9H2,1H3. The van der Waals surface area contributed by atoms with Crippen LogP contribution in [0, 0.1) is 11.8 Å². The zero-order valence-corrected chi connectivity index (χ0v) is 9.80. The first-order valence-corrected chi connectivity index (χ1v) is 6.57. The average molecular weight is 209 g/mol. The van der Waals surface area contributed by atoms with Crippen molar-refractivity contribution in [3.63, 3.8) is 0 Å². The lowest BCUT2D eigenvalue weighted by atomic mass is 9.77. The van der Waals surface area contributed by atoms with Crippen LogP contribution in [0.25, 0.3) is 0 Å². The largest absolute Gasteiger partial charge is 0.313 e. The molecular weight excluding hydrogens is 186 g/mol. The number of nitrogens with one attached hydrogen (secondary N) is 1. The van der Waals surface area contributed by atoms with Crippen LogP contribution in [-0.4, -0.2) is 18.4 Å². The first-order chi connectivity index (χ1) is 7.31. The van der Waals surface area contributed by atoms with Gasteiger partial charge in [-0.3, -0.25) is 4.79 Å². The second-order valence-corrected chi connectivity index (χ2v) is 5.18. The molecule has 1 N–H and O–H groups in total. The SMILES string of the molecule is CCC1CCNC(C2CCCCC2=O)C1. The Kier molecular flexibility index (Phi) is 3.79. The van der Waals surface area contributed by atoms with Crippen molar-refractivity contribution < 1.29 is 4.79 Å². The van der Waals surface area contributed by atoms with Crippen molar-refractivity contribution in [2.45, 2.75) is 57.9 Å². The lowest BCUT2D eigenvalue weighted by molar-refractivity contribution is -0.126. The number of Topliss-reactive ketones (excluding diaryl/α,β-unsaturated/α-hetero) is 1. The third-order valence-corrected chi connectivity index (χ3v) is 4.21. The number of ketones is 1. The molecule has 0 spiro atoms. The zero-order chi connectivity index (χ0) is 10.7. The van der Waals surface area contributed by atoms with E-state index in [9.17, 15) is 4.79 Å². The highest BCUT2D eigenvalue weighted by Crippen LogP contribution is 2.30. The summed E-state index contributed by atoms with van der Waals surface area (Å²) in [6.45, 7) is 3.39. The normalized spacial score (nSPS) is 37.9. The van der Waals surface area contributed by atoms with Crippen LogP contribution >= 0.6 is 0 Å². The Morgan fingerprint density at radius 2 is 2.20 bits per heavy atom. The van der Waals surface area contributed by atoms with Crippen LogP contribution in [-0.2, 0) is 4.79 Å². The van der Waals surface area contributed by atoms with Crippen molar-refractivity contribution in [3.8, 4) is 0 Å². The third kappa shape index (κ3) is 2.60. The number of rotatable bonds is 2. The van der Waals surface area contributed by atoms with Gasteiger partial charge in [0, 0.05) is 18.4 Å². The van der Waals surface area contributed by atoms with Crippen LogP contribution in [0.3, 0.4) is 0 Å². The molecule has 3 atom stereocenters. The Hall–Kier alpha value is -0.370. The molecule has 15 heavy (non-hydrogen) atoms. The van der Waals surface area contributed by atoms with E-state index in [0.29, 0.717) is 17.7 Å². The maximum absolute atomic E-state index is 11.8. The number of carbonyl (C=O) groups excluding carboxylic acids is 1. The van der Waals surface area contributed by atoms with Crippen molar-refractivity contribution in [1.82, 2.24) is 5.32 Å². The first kappa shape index (κ1) is 11.1. The summed E-state index contributed by atoms with van der Waals surface area (Å²) in [5.41, 5.74) is 0. The molecule has 86 valence electrons. The summed E-state index contributed by atoms with van der Waals surface area (Å²) in [6.07, 6.45) is 8.15. The molecule has 1 saturated heterocycles. The number of piperidine rings is 1. The molecule has 0 amide bonds. The Morgan fingerprint density at radius 1 is 1.33 bits per heavy atom. The minimum atomic E-state index is 0.341. The summed E-state index contributed by atoms with van der Waals surface area (Å²) in [5, 5.41) is 3.56. The number of hydrogen-bond acceptors (Lipinski definition) is 2. The molecule has 3 unspecified atom stereocenters. The van der Waals surface area contributed by atoms with Gasteiger partial charge in [-0.05, 0) is 38.1 Å². The molecular formula is C13H23NO. The van der Waals surface area contributed by atoms with E-state index in [1.807, 2.05) is 0 Å². The van der Waals surface area contributed by atoms with Gasteiger partial charge in [0.15, 0.2) is 0 Å². The third-order valence-electron chi connectivity index (χ3n) is 4.21. The Labute approximate surface area is 92.8 Å². The van der Waals surface area contributed by atoms with Gasteiger partial charge in [0.25, 0.3) is 0 Å². The van der Waals surface area contributed by atoms with Crippen molar-refractivity contribution in [2.24, 2.45) is 11.8 Å². The van der Waals surface area contributed by atoms with Gasteiger partial charge < -0.3 is 5.32 Å². The summed E-state index contributed by atoms with van der Waals surface area (Å²) < 4.78 is 0. The minimum Gasteiger partial charge on any atom is -0.313 e. The lowest BCUT2D eigenvalue weighted by Gasteiger charge is -2.36. The summed E-state index contributed by atoms with van der Waals surface area (Å²) in [5.74, 6) is 1.72. The van der Waals surface area contributed by atoms with E-state index in [1.165, 1.54) is 25.7 Å². The molecule has 1 aliphatic carbocycles. The van der Waals surface area contributed by atoms with Crippen LogP contribution in [0.15, 0.2) is 0 Å². The van der Waals surface area contributed by atoms with Crippen molar-refractivity contribution in [3.05, 3.63) is 0 Å². The fourth-order valence-corrected chi connectivity index (χ4v) is 3.15. The summed E-state index contributed by atoms with van der Waals surface area (Å²) in [7, 11) is 0. The van der Waals surface area contributed by atoms with Crippen LogP contribution in [0.1, 0.15) is 51.9 Å². The second-order valence-electron chi connectivity index (χ2n) is 5.18. The molecule has 0 bridgehead atoms. The summed E-state index contributed by atoms with van der Waals surface area (Å²) in [6, 6.07) is 0.497. The van der Waals surface area contributed by atoms with Crippen LogP contribution in [0.2, 0.25) is 0 Å². The molecule has 2 heteroatoms. The van der Waals surface area contributed by atoms with E-state index in [2.05, 4.69) is 12.2 Å². The molecule has 0 radical (unpaired) electrons. The van der Waals surface area contributed by atoms with Gasteiger partial charge in [0.05, 0.1) is 0 Å². The van der Waals surface area contributed by atoms with Gasteiger partial charge in [-0.25, -0.2) is 0 Å². The molecule has 2 aliphatic rings. The molecule has 0 aromatic rings. The Morgan fingerprint density at radius 3 is 2.93 bits per heavy atom. The average Bonchev–Trinajstić information content (AvgIpc) is 2.30. The molecule has 2 rings (SSSR count). The zero-order valence-electron chi connectivity index (χ0n) is 9.80. The first-order valence-electron chi connectivity index (χ1n) is 6.57. The summed E-state index contributed by atoms with van der Waals surface area (Å²) in [4.78, 5) is 11.8. The van der Waals surface area contributed by atoms with E-state index in [0.717, 1.165) is 31.7 Å². The second kappa shape index (κ2) is 5.11. The minimum absolute atomic E-state index is 0.341. The van der Waals surface area contributed by atoms with Gasteiger partial charge in [0.2, 0.25) is 0 Å². The van der Waals surface area contributed by atoms with Crippen molar-refractivity contribution in [2.75, 3.05) is 6.54 Å². The van der Waals surface area contributed by atoms with Gasteiger partial charge >= 0.3 is 0 Å². The molecule has 1 saturated carbocycles. The van der Waals surface area contributed by atoms with Crippen molar-refractivity contribution >= 4 is 5.78 Å². The Bertz CT molecular complexity index is 227. The smallest absolute Gasteiger partial charge is 0.137 e. The van der Waals surface area contributed by atoms with Crippen LogP contribution in [0.4, 0.5) is 0 Å². The van der Waals surface area contributed by atoms with Gasteiger partial charge in [0.1, 0.15) is 5.78 Å².